The second-order valence-electron chi connectivity index (χ2n) is 6.01. The van der Waals surface area contributed by atoms with E-state index in [4.69, 9.17) is 4.74 Å². The summed E-state index contributed by atoms with van der Waals surface area (Å²) in [6.07, 6.45) is 6.64. The van der Waals surface area contributed by atoms with Gasteiger partial charge in [-0.1, -0.05) is 19.8 Å². The minimum Gasteiger partial charge on any atom is -0.375 e. The van der Waals surface area contributed by atoms with Gasteiger partial charge in [0, 0.05) is 32.4 Å². The van der Waals surface area contributed by atoms with Crippen LogP contribution in [0.3, 0.4) is 0 Å². The fourth-order valence-corrected chi connectivity index (χ4v) is 2.89. The molecule has 0 aliphatic carbocycles. The maximum atomic E-state index is 12.4. The largest absolute Gasteiger partial charge is 0.375 e. The lowest BCUT2D eigenvalue weighted by atomic mass is 10.1. The summed E-state index contributed by atoms with van der Waals surface area (Å²) in [7, 11) is 1.75. The van der Waals surface area contributed by atoms with E-state index in [1.807, 2.05) is 0 Å². The van der Waals surface area contributed by atoms with Crippen molar-refractivity contribution < 1.29 is 4.74 Å². The topological polar surface area (TPSA) is 73.1 Å². The number of hydrogen-bond donors (Lipinski definition) is 0. The Morgan fingerprint density at radius 1 is 1.38 bits per heavy atom. The molecule has 2 aromatic heterocycles. The normalized spacial score (nSPS) is 17.9. The Hall–Kier alpha value is -2.28. The van der Waals surface area contributed by atoms with Crippen LogP contribution >= 0.6 is 0 Å². The molecule has 3 heterocycles. The average molecular weight is 329 g/mol. The predicted octanol–water partition coefficient (Wildman–Crippen LogP) is 1.63. The van der Waals surface area contributed by atoms with Crippen LogP contribution in [0.4, 0.5) is 5.95 Å². The highest BCUT2D eigenvalue weighted by Gasteiger charge is 2.23. The monoisotopic (exact) mass is 329 g/mol. The maximum absolute atomic E-state index is 12.4. The zero-order chi connectivity index (χ0) is 16.9. The van der Waals surface area contributed by atoms with Gasteiger partial charge in [0.2, 0.25) is 5.95 Å². The van der Waals surface area contributed by atoms with E-state index in [-0.39, 0.29) is 11.7 Å². The molecule has 2 aromatic rings. The van der Waals surface area contributed by atoms with Gasteiger partial charge >= 0.3 is 0 Å². The van der Waals surface area contributed by atoms with Crippen LogP contribution in [-0.2, 0) is 11.8 Å². The minimum atomic E-state index is -0.0924. The summed E-state index contributed by atoms with van der Waals surface area (Å²) in [5, 5.41) is 0. The highest BCUT2D eigenvalue weighted by Crippen LogP contribution is 2.20. The third kappa shape index (κ3) is 3.62. The summed E-state index contributed by atoms with van der Waals surface area (Å²) in [5.41, 5.74) is 1.14. The lowest BCUT2D eigenvalue weighted by molar-refractivity contribution is 0.0331. The van der Waals surface area contributed by atoms with Gasteiger partial charge in [0.1, 0.15) is 6.33 Å². The molecule has 1 aliphatic rings. The SMILES string of the molecule is CCCCC1CN(c2nc(-c3ccncn3)cc(=O)n2C)CCO1. The van der Waals surface area contributed by atoms with E-state index >= 15 is 0 Å². The molecule has 0 N–H and O–H groups in total. The summed E-state index contributed by atoms with van der Waals surface area (Å²) in [5.74, 6) is 0.668. The van der Waals surface area contributed by atoms with Crippen molar-refractivity contribution in [1.82, 2.24) is 19.5 Å². The molecule has 0 spiro atoms. The maximum Gasteiger partial charge on any atom is 0.255 e. The standard InChI is InChI=1S/C17H23N5O2/c1-3-4-5-13-11-22(8-9-24-13)17-20-15(10-16(23)21(17)2)14-6-7-18-12-19-14/h6-7,10,12-13H,3-5,8-9,11H2,1-2H3. The first-order chi connectivity index (χ1) is 11.7. The van der Waals surface area contributed by atoms with Gasteiger partial charge in [0.15, 0.2) is 0 Å². The highest BCUT2D eigenvalue weighted by atomic mass is 16.5. The van der Waals surface area contributed by atoms with E-state index in [0.717, 1.165) is 32.4 Å². The van der Waals surface area contributed by atoms with Crippen LogP contribution in [0, 0.1) is 0 Å². The van der Waals surface area contributed by atoms with Crippen molar-refractivity contribution in [2.75, 3.05) is 24.6 Å². The summed E-state index contributed by atoms with van der Waals surface area (Å²) in [6.45, 7) is 4.32. The second-order valence-corrected chi connectivity index (χ2v) is 6.01. The van der Waals surface area contributed by atoms with E-state index in [1.54, 1.807) is 23.9 Å². The number of ether oxygens (including phenoxy) is 1. The van der Waals surface area contributed by atoms with Crippen molar-refractivity contribution in [2.45, 2.75) is 32.3 Å². The van der Waals surface area contributed by atoms with Crippen molar-refractivity contribution in [2.24, 2.45) is 7.05 Å². The Balaban J connectivity index is 1.89. The van der Waals surface area contributed by atoms with Gasteiger partial charge in [-0.2, -0.15) is 0 Å². The lowest BCUT2D eigenvalue weighted by Crippen LogP contribution is -2.45. The number of morpholine rings is 1. The van der Waals surface area contributed by atoms with Crippen LogP contribution in [0.15, 0.2) is 29.5 Å². The average Bonchev–Trinajstić information content (AvgIpc) is 2.63. The molecular formula is C17H23N5O2. The summed E-state index contributed by atoms with van der Waals surface area (Å²) in [6, 6.07) is 3.27. The minimum absolute atomic E-state index is 0.0924. The summed E-state index contributed by atoms with van der Waals surface area (Å²) in [4.78, 5) is 27.3. The third-order valence-corrected chi connectivity index (χ3v) is 4.26. The number of anilines is 1. The number of unbranched alkanes of at least 4 members (excludes halogenated alkanes) is 1. The van der Waals surface area contributed by atoms with Gasteiger partial charge in [0.05, 0.1) is 24.1 Å². The Morgan fingerprint density at radius 3 is 3.00 bits per heavy atom. The molecule has 1 atom stereocenters. The van der Waals surface area contributed by atoms with Gasteiger partial charge in [-0.3, -0.25) is 9.36 Å². The quantitative estimate of drug-likeness (QED) is 0.830. The smallest absolute Gasteiger partial charge is 0.255 e. The summed E-state index contributed by atoms with van der Waals surface area (Å²) >= 11 is 0. The molecule has 0 amide bonds. The van der Waals surface area contributed by atoms with E-state index < -0.39 is 0 Å². The van der Waals surface area contributed by atoms with Crippen molar-refractivity contribution >= 4 is 5.95 Å². The highest BCUT2D eigenvalue weighted by molar-refractivity contribution is 5.55. The summed E-state index contributed by atoms with van der Waals surface area (Å²) < 4.78 is 7.43. The zero-order valence-corrected chi connectivity index (χ0v) is 14.2. The first-order valence-electron chi connectivity index (χ1n) is 8.40. The molecule has 0 bridgehead atoms. The van der Waals surface area contributed by atoms with Crippen LogP contribution in [-0.4, -0.2) is 45.3 Å². The van der Waals surface area contributed by atoms with E-state index in [1.165, 1.54) is 12.4 Å². The van der Waals surface area contributed by atoms with Gasteiger partial charge in [-0.15, -0.1) is 0 Å². The van der Waals surface area contributed by atoms with Gasteiger partial charge in [-0.25, -0.2) is 15.0 Å². The molecule has 0 saturated carbocycles. The number of rotatable bonds is 5. The first-order valence-corrected chi connectivity index (χ1v) is 8.40. The number of nitrogens with zero attached hydrogens (tertiary/aromatic N) is 5. The van der Waals surface area contributed by atoms with Gasteiger partial charge in [-0.05, 0) is 12.5 Å². The Bertz CT molecular complexity index is 732. The molecule has 1 fully saturated rings. The van der Waals surface area contributed by atoms with Gasteiger partial charge in [0.25, 0.3) is 5.56 Å². The molecule has 7 nitrogen and oxygen atoms in total. The molecule has 7 heteroatoms. The predicted molar refractivity (Wildman–Crippen MR) is 92.0 cm³/mol. The van der Waals surface area contributed by atoms with Crippen molar-refractivity contribution in [3.8, 4) is 11.4 Å². The molecule has 3 rings (SSSR count). The van der Waals surface area contributed by atoms with Crippen LogP contribution in [0.5, 0.6) is 0 Å². The number of aromatic nitrogens is 4. The molecule has 0 aromatic carbocycles. The van der Waals surface area contributed by atoms with Crippen LogP contribution < -0.4 is 10.5 Å². The van der Waals surface area contributed by atoms with Crippen LogP contribution in [0.25, 0.3) is 11.4 Å². The van der Waals surface area contributed by atoms with Crippen LogP contribution in [0.1, 0.15) is 26.2 Å². The molecule has 1 saturated heterocycles. The second kappa shape index (κ2) is 7.53. The van der Waals surface area contributed by atoms with E-state index in [2.05, 4.69) is 26.8 Å². The third-order valence-electron chi connectivity index (χ3n) is 4.26. The van der Waals surface area contributed by atoms with Crippen LogP contribution in [0.2, 0.25) is 0 Å². The molecular weight excluding hydrogens is 306 g/mol. The van der Waals surface area contributed by atoms with E-state index in [9.17, 15) is 4.79 Å². The Kier molecular flexibility index (Phi) is 5.20. The molecule has 0 radical (unpaired) electrons. The molecule has 128 valence electrons. The molecule has 24 heavy (non-hydrogen) atoms. The fourth-order valence-electron chi connectivity index (χ4n) is 2.89. The van der Waals surface area contributed by atoms with Crippen molar-refractivity contribution in [3.05, 3.63) is 35.0 Å². The first kappa shape index (κ1) is 16.6. The zero-order valence-electron chi connectivity index (χ0n) is 14.2. The van der Waals surface area contributed by atoms with E-state index in [0.29, 0.717) is 23.9 Å². The molecule has 1 aliphatic heterocycles. The van der Waals surface area contributed by atoms with Gasteiger partial charge < -0.3 is 9.64 Å². The van der Waals surface area contributed by atoms with Crippen molar-refractivity contribution in [3.63, 3.8) is 0 Å². The Morgan fingerprint density at radius 2 is 2.25 bits per heavy atom. The molecule has 1 unspecified atom stereocenters. The fraction of sp³-hybridized carbons (Fsp3) is 0.529. The Labute approximate surface area is 141 Å². The van der Waals surface area contributed by atoms with Crippen molar-refractivity contribution in [1.29, 1.82) is 0 Å². The lowest BCUT2D eigenvalue weighted by Gasteiger charge is -2.34. The number of hydrogen-bond acceptors (Lipinski definition) is 6.